The third-order valence-electron chi connectivity index (χ3n) is 4.06. The molecule has 0 amide bonds. The zero-order chi connectivity index (χ0) is 14.5. The topological polar surface area (TPSA) is 81.0 Å². The number of nitriles is 1. The Morgan fingerprint density at radius 2 is 1.24 bits per heavy atom. The zero-order valence-electron chi connectivity index (χ0n) is 12.3. The summed E-state index contributed by atoms with van der Waals surface area (Å²) in [6.45, 7) is 3.93. The molecule has 21 heavy (non-hydrogen) atoms. The molecule has 0 radical (unpaired) electrons. The third kappa shape index (κ3) is 3.32. The number of hydrogen-bond donors (Lipinski definition) is 1. The van der Waals surface area contributed by atoms with Crippen LogP contribution in [0.3, 0.4) is 0 Å². The van der Waals surface area contributed by atoms with Gasteiger partial charge < -0.3 is 9.80 Å². The van der Waals surface area contributed by atoms with Crippen molar-refractivity contribution < 1.29 is 0 Å². The minimum atomic E-state index is 0.355. The number of hydrogen-bond acceptors (Lipinski definition) is 7. The van der Waals surface area contributed by atoms with Gasteiger partial charge in [-0.25, -0.2) is 0 Å². The first-order valence-electron chi connectivity index (χ1n) is 7.78. The Bertz CT molecular complexity index is 476. The van der Waals surface area contributed by atoms with Crippen LogP contribution in [0.15, 0.2) is 0 Å². The van der Waals surface area contributed by atoms with E-state index < -0.39 is 0 Å². The smallest absolute Gasteiger partial charge is 0.242 e. The molecule has 3 rings (SSSR count). The maximum atomic E-state index is 8.83. The Morgan fingerprint density at radius 3 is 1.67 bits per heavy atom. The highest BCUT2D eigenvalue weighted by atomic mass is 15.4. The second-order valence-electron chi connectivity index (χ2n) is 5.59. The molecule has 0 aliphatic carbocycles. The van der Waals surface area contributed by atoms with Crippen LogP contribution in [-0.4, -0.2) is 41.1 Å². The monoisotopic (exact) mass is 287 g/mol. The fourth-order valence-electron chi connectivity index (χ4n) is 2.93. The van der Waals surface area contributed by atoms with Gasteiger partial charge in [0.2, 0.25) is 17.8 Å². The van der Waals surface area contributed by atoms with Crippen LogP contribution in [0, 0.1) is 11.5 Å². The lowest BCUT2D eigenvalue weighted by atomic mass is 10.1. The van der Waals surface area contributed by atoms with E-state index in [1.165, 1.54) is 38.5 Å². The van der Waals surface area contributed by atoms with Gasteiger partial charge in [0.25, 0.3) is 0 Å². The molecule has 0 saturated carbocycles. The molecule has 0 bridgehead atoms. The Kier molecular flexibility index (Phi) is 4.34. The fourth-order valence-corrected chi connectivity index (χ4v) is 2.93. The molecule has 2 aliphatic rings. The molecule has 1 aromatic rings. The molecule has 0 aromatic carbocycles. The molecular formula is C14H21N7. The lowest BCUT2D eigenvalue weighted by Crippen LogP contribution is -2.34. The quantitative estimate of drug-likeness (QED) is 0.670. The van der Waals surface area contributed by atoms with Crippen molar-refractivity contribution in [1.82, 2.24) is 15.0 Å². The Morgan fingerprint density at radius 1 is 0.762 bits per heavy atom. The second-order valence-corrected chi connectivity index (χ2v) is 5.59. The van der Waals surface area contributed by atoms with Crippen molar-refractivity contribution >= 4 is 17.8 Å². The third-order valence-corrected chi connectivity index (χ3v) is 4.06. The second kappa shape index (κ2) is 6.57. The summed E-state index contributed by atoms with van der Waals surface area (Å²) in [6.07, 6.45) is 9.13. The van der Waals surface area contributed by atoms with Gasteiger partial charge in [0.1, 0.15) is 0 Å². The van der Waals surface area contributed by atoms with Crippen LogP contribution in [0.4, 0.5) is 17.8 Å². The minimum Gasteiger partial charge on any atom is -0.341 e. The van der Waals surface area contributed by atoms with E-state index in [1.807, 2.05) is 6.19 Å². The normalized spacial score (nSPS) is 19.2. The molecule has 7 heteroatoms. The minimum absolute atomic E-state index is 0.355. The van der Waals surface area contributed by atoms with E-state index in [-0.39, 0.29) is 0 Å². The number of piperidine rings is 2. The van der Waals surface area contributed by atoms with E-state index in [0.29, 0.717) is 17.8 Å². The summed E-state index contributed by atoms with van der Waals surface area (Å²) in [5.41, 5.74) is 0. The van der Waals surface area contributed by atoms with Crippen molar-refractivity contribution in [3.8, 4) is 6.19 Å². The lowest BCUT2D eigenvalue weighted by molar-refractivity contribution is 0.556. The van der Waals surface area contributed by atoms with Crippen LogP contribution in [0.25, 0.3) is 0 Å². The summed E-state index contributed by atoms with van der Waals surface area (Å²) in [7, 11) is 0. The Labute approximate surface area is 125 Å². The predicted molar refractivity (Wildman–Crippen MR) is 81.2 cm³/mol. The molecule has 2 fully saturated rings. The SMILES string of the molecule is N#CNc1nc(N2CCCCC2)nc(N2CCCCC2)n1. The number of anilines is 3. The molecule has 0 unspecified atom stereocenters. The molecular weight excluding hydrogens is 266 g/mol. The molecule has 3 heterocycles. The summed E-state index contributed by atoms with van der Waals surface area (Å²) in [4.78, 5) is 17.8. The fraction of sp³-hybridized carbons (Fsp3) is 0.714. The summed E-state index contributed by atoms with van der Waals surface area (Å²) in [5.74, 6) is 1.75. The molecule has 1 N–H and O–H groups in total. The maximum absolute atomic E-state index is 8.83. The number of nitrogens with one attached hydrogen (secondary N) is 1. The van der Waals surface area contributed by atoms with Gasteiger partial charge in [-0.2, -0.15) is 20.2 Å². The van der Waals surface area contributed by atoms with Crippen molar-refractivity contribution in [2.75, 3.05) is 41.3 Å². The van der Waals surface area contributed by atoms with Crippen molar-refractivity contribution in [2.24, 2.45) is 0 Å². The summed E-state index contributed by atoms with van der Waals surface area (Å²) in [6, 6.07) is 0. The number of nitrogens with zero attached hydrogens (tertiary/aromatic N) is 6. The first kappa shape index (κ1) is 13.9. The molecule has 1 aromatic heterocycles. The van der Waals surface area contributed by atoms with E-state index >= 15 is 0 Å². The van der Waals surface area contributed by atoms with Gasteiger partial charge in [0, 0.05) is 26.2 Å². The van der Waals surface area contributed by atoms with Crippen LogP contribution < -0.4 is 15.1 Å². The standard InChI is InChI=1S/C14H21N7/c15-11-16-12-17-13(20-7-3-1-4-8-20)19-14(18-12)21-9-5-2-6-10-21/h1-10H2,(H,16,17,18,19). The van der Waals surface area contributed by atoms with E-state index in [4.69, 9.17) is 5.26 Å². The summed E-state index contributed by atoms with van der Waals surface area (Å²) < 4.78 is 0. The van der Waals surface area contributed by atoms with Gasteiger partial charge in [-0.15, -0.1) is 0 Å². The van der Waals surface area contributed by atoms with Gasteiger partial charge in [-0.3, -0.25) is 5.32 Å². The highest BCUT2D eigenvalue weighted by molar-refractivity contribution is 5.46. The van der Waals surface area contributed by atoms with Crippen molar-refractivity contribution in [2.45, 2.75) is 38.5 Å². The van der Waals surface area contributed by atoms with Gasteiger partial charge in [0.05, 0.1) is 0 Å². The van der Waals surface area contributed by atoms with Crippen LogP contribution in [0.2, 0.25) is 0 Å². The van der Waals surface area contributed by atoms with E-state index in [2.05, 4.69) is 30.1 Å². The first-order valence-corrected chi connectivity index (χ1v) is 7.78. The molecule has 0 spiro atoms. The van der Waals surface area contributed by atoms with Crippen LogP contribution in [0.5, 0.6) is 0 Å². The van der Waals surface area contributed by atoms with Crippen molar-refractivity contribution in [3.63, 3.8) is 0 Å². The largest absolute Gasteiger partial charge is 0.341 e. The van der Waals surface area contributed by atoms with E-state index in [1.54, 1.807) is 0 Å². The molecule has 112 valence electrons. The zero-order valence-corrected chi connectivity index (χ0v) is 12.3. The number of aromatic nitrogens is 3. The molecule has 0 atom stereocenters. The highest BCUT2D eigenvalue weighted by Crippen LogP contribution is 2.22. The average molecular weight is 287 g/mol. The Balaban J connectivity index is 1.87. The van der Waals surface area contributed by atoms with Gasteiger partial charge in [-0.05, 0) is 38.5 Å². The van der Waals surface area contributed by atoms with Gasteiger partial charge in [-0.1, -0.05) is 0 Å². The van der Waals surface area contributed by atoms with Crippen LogP contribution in [0.1, 0.15) is 38.5 Å². The Hall–Kier alpha value is -2.10. The predicted octanol–water partition coefficient (Wildman–Crippen LogP) is 1.75. The van der Waals surface area contributed by atoms with E-state index in [0.717, 1.165) is 26.2 Å². The maximum Gasteiger partial charge on any atom is 0.242 e. The number of rotatable bonds is 3. The van der Waals surface area contributed by atoms with Crippen LogP contribution >= 0.6 is 0 Å². The highest BCUT2D eigenvalue weighted by Gasteiger charge is 2.20. The van der Waals surface area contributed by atoms with E-state index in [9.17, 15) is 0 Å². The lowest BCUT2D eigenvalue weighted by Gasteiger charge is -2.30. The van der Waals surface area contributed by atoms with Crippen LogP contribution in [-0.2, 0) is 0 Å². The summed E-state index contributed by atoms with van der Waals surface area (Å²) >= 11 is 0. The molecule has 2 aliphatic heterocycles. The molecule has 2 saturated heterocycles. The van der Waals surface area contributed by atoms with Crippen molar-refractivity contribution in [3.05, 3.63) is 0 Å². The first-order chi connectivity index (χ1) is 10.4. The average Bonchev–Trinajstić information content (AvgIpc) is 2.56. The van der Waals surface area contributed by atoms with Gasteiger partial charge in [0.15, 0.2) is 6.19 Å². The summed E-state index contributed by atoms with van der Waals surface area (Å²) in [5, 5.41) is 11.4. The molecule has 7 nitrogen and oxygen atoms in total. The van der Waals surface area contributed by atoms with Crippen molar-refractivity contribution in [1.29, 1.82) is 5.26 Å². The van der Waals surface area contributed by atoms with Gasteiger partial charge >= 0.3 is 0 Å².